The Labute approximate surface area is 141 Å². The Kier molecular flexibility index (Phi) is 4.69. The van der Waals surface area contributed by atoms with Gasteiger partial charge < -0.3 is 9.84 Å². The van der Waals surface area contributed by atoms with Gasteiger partial charge in [-0.1, -0.05) is 0 Å². The van der Waals surface area contributed by atoms with E-state index >= 15 is 0 Å². The highest BCUT2D eigenvalue weighted by Crippen LogP contribution is 2.29. The highest BCUT2D eigenvalue weighted by molar-refractivity contribution is 5.91. The topological polar surface area (TPSA) is 80.0 Å². The van der Waals surface area contributed by atoms with Crippen LogP contribution in [0.3, 0.4) is 0 Å². The predicted molar refractivity (Wildman–Crippen MR) is 81.9 cm³/mol. The molecular weight excluding hydrogens is 341 g/mol. The maximum Gasteiger partial charge on any atom is 0.411 e. The summed E-state index contributed by atoms with van der Waals surface area (Å²) in [5.41, 5.74) is 0.174. The van der Waals surface area contributed by atoms with Gasteiger partial charge in [0.1, 0.15) is 6.10 Å². The number of rotatable bonds is 5. The first kappa shape index (κ1) is 17.3. The molecule has 1 saturated carbocycles. The number of carbonyl (C=O) groups is 1. The maximum atomic E-state index is 12.5. The summed E-state index contributed by atoms with van der Waals surface area (Å²) in [5.74, 6) is 0.172. The Morgan fingerprint density at radius 1 is 1.40 bits per heavy atom. The normalized spacial score (nSPS) is 15.6. The van der Waals surface area contributed by atoms with Gasteiger partial charge in [0.05, 0.1) is 12.1 Å². The molecule has 1 fully saturated rings. The van der Waals surface area contributed by atoms with Crippen molar-refractivity contribution in [3.05, 3.63) is 18.5 Å². The van der Waals surface area contributed by atoms with Gasteiger partial charge in [0.25, 0.3) is 0 Å². The number of hydrogen-bond acceptors (Lipinski definition) is 4. The molecule has 0 aromatic carbocycles. The van der Waals surface area contributed by atoms with Crippen LogP contribution < -0.4 is 9.64 Å². The van der Waals surface area contributed by atoms with Crippen molar-refractivity contribution < 1.29 is 27.8 Å². The van der Waals surface area contributed by atoms with Gasteiger partial charge in [0, 0.05) is 25.0 Å². The molecule has 1 amide bonds. The van der Waals surface area contributed by atoms with Crippen LogP contribution in [0, 0.1) is 0 Å². The third kappa shape index (κ3) is 4.12. The van der Waals surface area contributed by atoms with Crippen LogP contribution in [-0.4, -0.2) is 44.6 Å². The molecule has 7 nitrogen and oxygen atoms in total. The molecule has 0 atom stereocenters. The van der Waals surface area contributed by atoms with E-state index in [-0.39, 0.29) is 23.3 Å². The van der Waals surface area contributed by atoms with Gasteiger partial charge in [-0.15, -0.1) is 5.10 Å². The summed E-state index contributed by atoms with van der Waals surface area (Å²) < 4.78 is 44.6. The summed E-state index contributed by atoms with van der Waals surface area (Å²) >= 11 is 0. The SMILES string of the molecule is O=C(O)N(CCC(F)(F)F)c1cc(OC2CCCC2)nn2ccnc12. The summed E-state index contributed by atoms with van der Waals surface area (Å²) in [7, 11) is 0. The van der Waals surface area contributed by atoms with E-state index in [0.29, 0.717) is 4.90 Å². The molecule has 3 rings (SSSR count). The summed E-state index contributed by atoms with van der Waals surface area (Å²) in [6.07, 6.45) is -0.523. The van der Waals surface area contributed by atoms with Crippen LogP contribution in [0.2, 0.25) is 0 Å². The third-order valence-electron chi connectivity index (χ3n) is 4.05. The minimum absolute atomic E-state index is 0.0183. The van der Waals surface area contributed by atoms with Gasteiger partial charge in [-0.25, -0.2) is 14.3 Å². The van der Waals surface area contributed by atoms with Gasteiger partial charge in [0.15, 0.2) is 5.65 Å². The smallest absolute Gasteiger partial charge is 0.411 e. The first-order valence-corrected chi connectivity index (χ1v) is 7.92. The summed E-state index contributed by atoms with van der Waals surface area (Å²) in [5, 5.41) is 13.6. The number of alkyl halides is 3. The Balaban J connectivity index is 1.93. The lowest BCUT2D eigenvalue weighted by molar-refractivity contribution is -0.132. The lowest BCUT2D eigenvalue weighted by Gasteiger charge is -2.21. The van der Waals surface area contributed by atoms with Crippen molar-refractivity contribution in [1.29, 1.82) is 0 Å². The number of ether oxygens (including phenoxy) is 1. The van der Waals surface area contributed by atoms with Crippen molar-refractivity contribution in [2.24, 2.45) is 0 Å². The van der Waals surface area contributed by atoms with E-state index < -0.39 is 25.2 Å². The second-order valence-electron chi connectivity index (χ2n) is 5.89. The zero-order valence-corrected chi connectivity index (χ0v) is 13.2. The van der Waals surface area contributed by atoms with Crippen molar-refractivity contribution in [3.63, 3.8) is 0 Å². The van der Waals surface area contributed by atoms with E-state index in [0.717, 1.165) is 25.7 Å². The summed E-state index contributed by atoms with van der Waals surface area (Å²) in [6, 6.07) is 1.34. The van der Waals surface area contributed by atoms with E-state index in [2.05, 4.69) is 10.1 Å². The van der Waals surface area contributed by atoms with Crippen LogP contribution in [-0.2, 0) is 0 Å². The Bertz CT molecular complexity index is 756. The fourth-order valence-corrected chi connectivity index (χ4v) is 2.87. The molecule has 0 spiro atoms. The molecule has 0 saturated heterocycles. The number of hydrogen-bond donors (Lipinski definition) is 1. The maximum absolute atomic E-state index is 12.5. The molecular formula is C15H17F3N4O3. The van der Waals surface area contributed by atoms with Crippen LogP contribution in [0.15, 0.2) is 18.5 Å². The first-order valence-electron chi connectivity index (χ1n) is 7.92. The predicted octanol–water partition coefficient (Wildman–Crippen LogP) is 3.49. The van der Waals surface area contributed by atoms with Crippen molar-refractivity contribution in [2.45, 2.75) is 44.4 Å². The fraction of sp³-hybridized carbons (Fsp3) is 0.533. The fourth-order valence-electron chi connectivity index (χ4n) is 2.87. The molecule has 10 heteroatoms. The number of anilines is 1. The van der Waals surface area contributed by atoms with Gasteiger partial charge >= 0.3 is 12.3 Å². The molecule has 2 aromatic rings. The van der Waals surface area contributed by atoms with Crippen LogP contribution in [0.5, 0.6) is 5.88 Å². The standard InChI is InChI=1S/C15H17F3N4O3/c16-15(17,18)5-7-21(14(23)24)11-9-12(25-10-3-1-2-4-10)20-22-8-6-19-13(11)22/h6,8-10H,1-5,7H2,(H,23,24). The van der Waals surface area contributed by atoms with Crippen molar-refractivity contribution in [2.75, 3.05) is 11.4 Å². The van der Waals surface area contributed by atoms with Gasteiger partial charge in [0.2, 0.25) is 5.88 Å². The highest BCUT2D eigenvalue weighted by Gasteiger charge is 2.31. The molecule has 0 bridgehead atoms. The van der Waals surface area contributed by atoms with E-state index in [1.54, 1.807) is 0 Å². The molecule has 0 unspecified atom stereocenters. The third-order valence-corrected chi connectivity index (χ3v) is 4.05. The first-order chi connectivity index (χ1) is 11.8. The van der Waals surface area contributed by atoms with Gasteiger partial charge in [-0.3, -0.25) is 4.90 Å². The minimum atomic E-state index is -4.46. The second-order valence-corrected chi connectivity index (χ2v) is 5.89. The second kappa shape index (κ2) is 6.77. The summed E-state index contributed by atoms with van der Waals surface area (Å²) in [6.45, 7) is -0.728. The van der Waals surface area contributed by atoms with Crippen LogP contribution in [0.4, 0.5) is 23.7 Å². The molecule has 25 heavy (non-hydrogen) atoms. The van der Waals surface area contributed by atoms with E-state index in [9.17, 15) is 23.1 Å². The van der Waals surface area contributed by atoms with E-state index in [1.165, 1.54) is 23.0 Å². The molecule has 0 radical (unpaired) electrons. The largest absolute Gasteiger partial charge is 0.473 e. The van der Waals surface area contributed by atoms with Crippen molar-refractivity contribution >= 4 is 17.4 Å². The number of halogens is 3. The number of fused-ring (bicyclic) bond motifs is 1. The van der Waals surface area contributed by atoms with Gasteiger partial charge in [-0.05, 0) is 25.7 Å². The van der Waals surface area contributed by atoms with Crippen LogP contribution in [0.1, 0.15) is 32.1 Å². The molecule has 136 valence electrons. The lowest BCUT2D eigenvalue weighted by Crippen LogP contribution is -2.33. The lowest BCUT2D eigenvalue weighted by atomic mass is 10.3. The molecule has 0 aliphatic heterocycles. The van der Waals surface area contributed by atoms with Crippen molar-refractivity contribution in [3.8, 4) is 5.88 Å². The summed E-state index contributed by atoms with van der Waals surface area (Å²) in [4.78, 5) is 16.1. The van der Waals surface area contributed by atoms with Gasteiger partial charge in [-0.2, -0.15) is 13.2 Å². The molecule has 1 aliphatic carbocycles. The number of imidazole rings is 1. The van der Waals surface area contributed by atoms with Crippen LogP contribution >= 0.6 is 0 Å². The number of amides is 1. The molecule has 2 aromatic heterocycles. The Morgan fingerprint density at radius 3 is 2.76 bits per heavy atom. The zero-order chi connectivity index (χ0) is 18.0. The average molecular weight is 358 g/mol. The highest BCUT2D eigenvalue weighted by atomic mass is 19.4. The Morgan fingerprint density at radius 2 is 2.12 bits per heavy atom. The monoisotopic (exact) mass is 358 g/mol. The minimum Gasteiger partial charge on any atom is -0.473 e. The quantitative estimate of drug-likeness (QED) is 0.885. The van der Waals surface area contributed by atoms with Crippen molar-refractivity contribution in [1.82, 2.24) is 14.6 Å². The number of nitrogens with zero attached hydrogens (tertiary/aromatic N) is 4. The molecule has 2 heterocycles. The number of aromatic nitrogens is 3. The van der Waals surface area contributed by atoms with E-state index in [1.807, 2.05) is 0 Å². The van der Waals surface area contributed by atoms with Crippen LogP contribution in [0.25, 0.3) is 5.65 Å². The molecule has 1 aliphatic rings. The number of carboxylic acid groups (broad SMARTS) is 1. The average Bonchev–Trinajstić information content (AvgIpc) is 3.16. The zero-order valence-electron chi connectivity index (χ0n) is 13.2. The molecule has 1 N–H and O–H groups in total. The Hall–Kier alpha value is -2.52. The van der Waals surface area contributed by atoms with E-state index in [4.69, 9.17) is 4.74 Å².